The van der Waals surface area contributed by atoms with Crippen LogP contribution in [0.2, 0.25) is 0 Å². The minimum absolute atomic E-state index is 0.0176. The fourth-order valence-electron chi connectivity index (χ4n) is 4.48. The second kappa shape index (κ2) is 9.67. The van der Waals surface area contributed by atoms with Gasteiger partial charge in [0.25, 0.3) is 5.91 Å². The average Bonchev–Trinajstić information content (AvgIpc) is 3.23. The van der Waals surface area contributed by atoms with Gasteiger partial charge in [-0.15, -0.1) is 0 Å². The summed E-state index contributed by atoms with van der Waals surface area (Å²) in [4.78, 5) is 20.1. The van der Waals surface area contributed by atoms with Gasteiger partial charge in [-0.3, -0.25) is 9.69 Å². The summed E-state index contributed by atoms with van der Waals surface area (Å²) in [6, 6.07) is 11.1. The van der Waals surface area contributed by atoms with Crippen molar-refractivity contribution in [3.8, 4) is 0 Å². The molecule has 0 bridgehead atoms. The van der Waals surface area contributed by atoms with Gasteiger partial charge in [0.15, 0.2) is 6.10 Å². The van der Waals surface area contributed by atoms with Crippen LogP contribution in [0, 0.1) is 0 Å². The van der Waals surface area contributed by atoms with Gasteiger partial charge in [0, 0.05) is 32.2 Å². The fourth-order valence-corrected chi connectivity index (χ4v) is 4.48. The third kappa shape index (κ3) is 4.89. The summed E-state index contributed by atoms with van der Waals surface area (Å²) in [7, 11) is 4.09. The number of rotatable bonds is 7. The van der Waals surface area contributed by atoms with Crippen molar-refractivity contribution in [3.63, 3.8) is 0 Å². The second-order valence-electron chi connectivity index (χ2n) is 8.04. The highest BCUT2D eigenvalue weighted by Crippen LogP contribution is 2.36. The first-order valence-electron chi connectivity index (χ1n) is 10.5. The molecule has 1 aliphatic carbocycles. The molecule has 0 aromatic heterocycles. The lowest BCUT2D eigenvalue weighted by Crippen LogP contribution is -2.55. The zero-order valence-corrected chi connectivity index (χ0v) is 17.1. The number of hydrogen-bond acceptors (Lipinski definition) is 4. The van der Waals surface area contributed by atoms with Crippen molar-refractivity contribution in [2.75, 3.05) is 46.9 Å². The molecule has 1 saturated heterocycles. The monoisotopic (exact) mass is 373 g/mol. The normalized spacial score (nSPS) is 24.4. The van der Waals surface area contributed by atoms with E-state index in [0.29, 0.717) is 12.6 Å². The summed E-state index contributed by atoms with van der Waals surface area (Å²) in [6.45, 7) is 5.95. The predicted octanol–water partition coefficient (Wildman–Crippen LogP) is 2.78. The number of morpholine rings is 1. The quantitative estimate of drug-likeness (QED) is 0.736. The van der Waals surface area contributed by atoms with Gasteiger partial charge in [0.1, 0.15) is 0 Å². The summed E-state index contributed by atoms with van der Waals surface area (Å²) in [5, 5.41) is 0. The second-order valence-corrected chi connectivity index (χ2v) is 8.04. The van der Waals surface area contributed by atoms with E-state index in [1.807, 2.05) is 25.1 Å². The van der Waals surface area contributed by atoms with Crippen LogP contribution in [0.1, 0.15) is 44.2 Å². The predicted molar refractivity (Wildman–Crippen MR) is 109 cm³/mol. The van der Waals surface area contributed by atoms with Crippen molar-refractivity contribution in [1.82, 2.24) is 14.7 Å². The van der Waals surface area contributed by atoms with Crippen LogP contribution in [0.4, 0.5) is 0 Å². The Balaban J connectivity index is 1.85. The largest absolute Gasteiger partial charge is 0.365 e. The van der Waals surface area contributed by atoms with Gasteiger partial charge in [0.05, 0.1) is 12.6 Å². The molecule has 1 aromatic rings. The number of nitrogens with zero attached hydrogens (tertiary/aromatic N) is 3. The summed E-state index contributed by atoms with van der Waals surface area (Å²) >= 11 is 0. The van der Waals surface area contributed by atoms with Crippen LogP contribution in [0.25, 0.3) is 0 Å². The van der Waals surface area contributed by atoms with Crippen LogP contribution in [0.15, 0.2) is 30.3 Å². The van der Waals surface area contributed by atoms with Crippen LogP contribution in [-0.2, 0) is 9.53 Å². The molecular formula is C22H35N3O2. The molecule has 0 N–H and O–H groups in total. The minimum atomic E-state index is -0.413. The van der Waals surface area contributed by atoms with E-state index in [4.69, 9.17) is 4.74 Å². The molecule has 2 fully saturated rings. The van der Waals surface area contributed by atoms with Crippen molar-refractivity contribution in [3.05, 3.63) is 35.9 Å². The molecule has 0 spiro atoms. The van der Waals surface area contributed by atoms with E-state index in [-0.39, 0.29) is 11.9 Å². The third-order valence-electron chi connectivity index (χ3n) is 5.98. The number of hydrogen-bond donors (Lipinski definition) is 0. The first kappa shape index (κ1) is 20.3. The minimum Gasteiger partial charge on any atom is -0.365 e. The van der Waals surface area contributed by atoms with Gasteiger partial charge in [0.2, 0.25) is 0 Å². The van der Waals surface area contributed by atoms with Crippen LogP contribution < -0.4 is 0 Å². The molecule has 5 heteroatoms. The SMILES string of the molecule is CCN(CCN(C)C)C(=O)[C@@H]1OCCN(C2CCCC2)[C@H]1c1ccccc1. The van der Waals surface area contributed by atoms with Crippen molar-refractivity contribution in [2.45, 2.75) is 50.8 Å². The topological polar surface area (TPSA) is 36.0 Å². The van der Waals surface area contributed by atoms with Crippen LogP contribution in [0.3, 0.4) is 0 Å². The Bertz CT molecular complexity index is 586. The number of carbonyl (C=O) groups excluding carboxylic acids is 1. The molecule has 1 aromatic carbocycles. The lowest BCUT2D eigenvalue weighted by Gasteiger charge is -2.45. The zero-order chi connectivity index (χ0) is 19.2. The van der Waals surface area contributed by atoms with Crippen LogP contribution in [0.5, 0.6) is 0 Å². The van der Waals surface area contributed by atoms with E-state index >= 15 is 0 Å². The Morgan fingerprint density at radius 2 is 1.85 bits per heavy atom. The van der Waals surface area contributed by atoms with Crippen molar-refractivity contribution in [2.24, 2.45) is 0 Å². The highest BCUT2D eigenvalue weighted by atomic mass is 16.5. The number of amides is 1. The number of carbonyl (C=O) groups is 1. The fraction of sp³-hybridized carbons (Fsp3) is 0.682. The maximum atomic E-state index is 13.4. The van der Waals surface area contributed by atoms with Crippen molar-refractivity contribution in [1.29, 1.82) is 0 Å². The summed E-state index contributed by atoms with van der Waals surface area (Å²) in [5.74, 6) is 0.135. The lowest BCUT2D eigenvalue weighted by atomic mass is 9.94. The first-order valence-corrected chi connectivity index (χ1v) is 10.5. The molecule has 2 aliphatic rings. The maximum absolute atomic E-state index is 13.4. The molecule has 0 radical (unpaired) electrons. The van der Waals surface area contributed by atoms with Crippen LogP contribution >= 0.6 is 0 Å². The molecule has 3 rings (SSSR count). The summed E-state index contributed by atoms with van der Waals surface area (Å²) in [6.07, 6.45) is 4.66. The summed E-state index contributed by atoms with van der Waals surface area (Å²) in [5.41, 5.74) is 1.20. The van der Waals surface area contributed by atoms with E-state index < -0.39 is 6.10 Å². The molecular weight excluding hydrogens is 338 g/mol. The molecule has 1 amide bonds. The average molecular weight is 374 g/mol. The van der Waals surface area contributed by atoms with E-state index in [9.17, 15) is 4.79 Å². The molecule has 150 valence electrons. The van der Waals surface area contributed by atoms with E-state index in [0.717, 1.165) is 26.2 Å². The van der Waals surface area contributed by atoms with Gasteiger partial charge < -0.3 is 14.5 Å². The van der Waals surface area contributed by atoms with Gasteiger partial charge >= 0.3 is 0 Å². The van der Waals surface area contributed by atoms with Gasteiger partial charge in [-0.05, 0) is 39.4 Å². The molecule has 1 saturated carbocycles. The number of ether oxygens (including phenoxy) is 1. The van der Waals surface area contributed by atoms with Gasteiger partial charge in [-0.2, -0.15) is 0 Å². The maximum Gasteiger partial charge on any atom is 0.253 e. The lowest BCUT2D eigenvalue weighted by molar-refractivity contribution is -0.159. The van der Waals surface area contributed by atoms with Crippen molar-refractivity contribution < 1.29 is 9.53 Å². The highest BCUT2D eigenvalue weighted by molar-refractivity contribution is 5.82. The third-order valence-corrected chi connectivity index (χ3v) is 5.98. The Hall–Kier alpha value is -1.43. The Kier molecular flexibility index (Phi) is 7.27. The molecule has 0 unspecified atom stereocenters. The molecule has 5 nitrogen and oxygen atoms in total. The molecule has 27 heavy (non-hydrogen) atoms. The highest BCUT2D eigenvalue weighted by Gasteiger charge is 2.42. The Morgan fingerprint density at radius 1 is 1.15 bits per heavy atom. The van der Waals surface area contributed by atoms with Crippen LogP contribution in [-0.4, -0.2) is 79.6 Å². The van der Waals surface area contributed by atoms with E-state index in [1.54, 1.807) is 0 Å². The Morgan fingerprint density at radius 3 is 2.48 bits per heavy atom. The van der Waals surface area contributed by atoms with E-state index in [1.165, 1.54) is 31.2 Å². The van der Waals surface area contributed by atoms with Gasteiger partial charge in [-0.1, -0.05) is 43.2 Å². The first-order chi connectivity index (χ1) is 13.1. The molecule has 1 heterocycles. The standard InChI is InChI=1S/C22H35N3O2/c1-4-24(15-14-23(2)3)22(26)21-20(18-10-6-5-7-11-18)25(16-17-27-21)19-12-8-9-13-19/h5-7,10-11,19-21H,4,8-9,12-17H2,1-3H3/t20-,21+/m0/s1. The smallest absolute Gasteiger partial charge is 0.253 e. The molecule has 2 atom stereocenters. The Labute approximate surface area is 164 Å². The number of benzene rings is 1. The van der Waals surface area contributed by atoms with E-state index in [2.05, 4.69) is 41.0 Å². The van der Waals surface area contributed by atoms with Gasteiger partial charge in [-0.25, -0.2) is 0 Å². The summed E-state index contributed by atoms with van der Waals surface area (Å²) < 4.78 is 6.14. The van der Waals surface area contributed by atoms with Crippen molar-refractivity contribution >= 4 is 5.91 Å². The number of likely N-dealkylation sites (N-methyl/N-ethyl adjacent to an activating group) is 2. The zero-order valence-electron chi connectivity index (χ0n) is 17.1. The molecule has 1 aliphatic heterocycles.